The molecule has 4 rings (SSSR count). The van der Waals surface area contributed by atoms with Gasteiger partial charge in [-0.15, -0.1) is 0 Å². The van der Waals surface area contributed by atoms with Crippen LogP contribution in [0.25, 0.3) is 0 Å². The molecule has 0 aromatic carbocycles. The molecule has 4 aliphatic rings. The van der Waals surface area contributed by atoms with Crippen LogP contribution in [-0.2, 0) is 4.79 Å². The molecule has 2 N–H and O–H groups in total. The van der Waals surface area contributed by atoms with Crippen molar-refractivity contribution in [3.8, 4) is 0 Å². The van der Waals surface area contributed by atoms with Crippen LogP contribution in [0.1, 0.15) is 72.1 Å². The molecule has 0 unspecified atom stereocenters. The molecule has 4 aliphatic carbocycles. The fourth-order valence-corrected chi connectivity index (χ4v) is 7.68. The summed E-state index contributed by atoms with van der Waals surface area (Å²) in [4.78, 5) is 11.6. The number of carbonyl (C=O) groups is 1. The third kappa shape index (κ3) is 2.44. The Bertz CT molecular complexity index is 596. The fraction of sp³-hybridized carbons (Fsp3) is 0.864. The fourth-order valence-electron chi connectivity index (χ4n) is 7.68. The van der Waals surface area contributed by atoms with Crippen molar-refractivity contribution in [1.82, 2.24) is 0 Å². The van der Waals surface area contributed by atoms with E-state index in [1.54, 1.807) is 0 Å². The average molecular weight is 347 g/mol. The number of fused-ring (bicyclic) bond motifs is 5. The standard InChI is InChI=1S/C22H34O3/c1-13(20(24)25)17-6-7-18-16-5-4-14-12-15(23)8-10-21(14,2)19(16)9-11-22(17,18)3/h4,13,15-19,23H,5-12H2,1-3H3,(H,24,25)/t13-,15+,16+,17-,18+,19+,21+,22-/m1/s1. The van der Waals surface area contributed by atoms with E-state index >= 15 is 0 Å². The van der Waals surface area contributed by atoms with Gasteiger partial charge < -0.3 is 10.2 Å². The van der Waals surface area contributed by atoms with Gasteiger partial charge >= 0.3 is 5.97 Å². The Morgan fingerprint density at radius 1 is 1.16 bits per heavy atom. The number of aliphatic carboxylic acids is 1. The molecule has 0 saturated heterocycles. The predicted octanol–water partition coefficient (Wildman–Crippen LogP) is 4.65. The molecule has 8 atom stereocenters. The highest BCUT2D eigenvalue weighted by atomic mass is 16.4. The van der Waals surface area contributed by atoms with Crippen LogP contribution in [0.3, 0.4) is 0 Å². The Kier molecular flexibility index (Phi) is 4.10. The van der Waals surface area contributed by atoms with Crippen LogP contribution in [-0.4, -0.2) is 22.3 Å². The zero-order valence-corrected chi connectivity index (χ0v) is 16.0. The van der Waals surface area contributed by atoms with Crippen molar-refractivity contribution in [2.45, 2.75) is 78.2 Å². The quantitative estimate of drug-likeness (QED) is 0.716. The second-order valence-corrected chi connectivity index (χ2v) is 10.0. The van der Waals surface area contributed by atoms with Crippen LogP contribution >= 0.6 is 0 Å². The molecule has 0 aromatic heterocycles. The highest BCUT2D eigenvalue weighted by molar-refractivity contribution is 5.70. The van der Waals surface area contributed by atoms with E-state index in [1.807, 2.05) is 6.92 Å². The number of aliphatic hydroxyl groups is 1. The number of carboxylic acid groups (broad SMARTS) is 1. The van der Waals surface area contributed by atoms with E-state index in [9.17, 15) is 15.0 Å². The first-order chi connectivity index (χ1) is 11.8. The van der Waals surface area contributed by atoms with Crippen LogP contribution in [0.15, 0.2) is 11.6 Å². The van der Waals surface area contributed by atoms with Gasteiger partial charge in [0, 0.05) is 0 Å². The molecule has 0 aromatic rings. The lowest BCUT2D eigenvalue weighted by atomic mass is 9.47. The first-order valence-corrected chi connectivity index (χ1v) is 10.4. The van der Waals surface area contributed by atoms with Gasteiger partial charge in [-0.25, -0.2) is 0 Å². The maximum atomic E-state index is 11.6. The number of aliphatic hydroxyl groups excluding tert-OH is 1. The summed E-state index contributed by atoms with van der Waals surface area (Å²) < 4.78 is 0. The van der Waals surface area contributed by atoms with Crippen LogP contribution in [0.5, 0.6) is 0 Å². The third-order valence-corrected chi connectivity index (χ3v) is 9.14. The van der Waals surface area contributed by atoms with Gasteiger partial charge in [0.05, 0.1) is 12.0 Å². The maximum Gasteiger partial charge on any atom is 0.306 e. The van der Waals surface area contributed by atoms with E-state index in [1.165, 1.54) is 24.8 Å². The van der Waals surface area contributed by atoms with Crippen molar-refractivity contribution in [2.75, 3.05) is 0 Å². The van der Waals surface area contributed by atoms with Crippen LogP contribution in [0.4, 0.5) is 0 Å². The zero-order valence-electron chi connectivity index (χ0n) is 16.0. The molecule has 3 heteroatoms. The molecule has 140 valence electrons. The van der Waals surface area contributed by atoms with E-state index in [0.29, 0.717) is 17.8 Å². The van der Waals surface area contributed by atoms with Crippen molar-refractivity contribution in [1.29, 1.82) is 0 Å². The first kappa shape index (κ1) is 17.6. The lowest BCUT2D eigenvalue weighted by Crippen LogP contribution is -2.51. The molecule has 0 radical (unpaired) electrons. The van der Waals surface area contributed by atoms with Gasteiger partial charge in [0.15, 0.2) is 0 Å². The number of hydrogen-bond acceptors (Lipinski definition) is 2. The van der Waals surface area contributed by atoms with Crippen molar-refractivity contribution in [3.05, 3.63) is 11.6 Å². The summed E-state index contributed by atoms with van der Waals surface area (Å²) in [6, 6.07) is 0. The minimum Gasteiger partial charge on any atom is -0.481 e. The van der Waals surface area contributed by atoms with Gasteiger partial charge in [0.2, 0.25) is 0 Å². The molecule has 0 amide bonds. The SMILES string of the molecule is C[C@@H](C(=O)O)[C@H]1CC[C@H]2[C@@H]3CC=C4C[C@@H](O)CC[C@]4(C)[C@H]3CC[C@]12C. The molecular formula is C22H34O3. The van der Waals surface area contributed by atoms with Gasteiger partial charge in [-0.05, 0) is 85.9 Å². The van der Waals surface area contributed by atoms with Crippen molar-refractivity contribution in [3.63, 3.8) is 0 Å². The van der Waals surface area contributed by atoms with Gasteiger partial charge in [0.1, 0.15) is 0 Å². The Morgan fingerprint density at radius 2 is 1.92 bits per heavy atom. The summed E-state index contributed by atoms with van der Waals surface area (Å²) in [5.41, 5.74) is 2.00. The third-order valence-electron chi connectivity index (χ3n) is 9.14. The minimum absolute atomic E-state index is 0.142. The minimum atomic E-state index is -0.618. The van der Waals surface area contributed by atoms with Crippen molar-refractivity contribution in [2.24, 2.45) is 40.4 Å². The highest BCUT2D eigenvalue weighted by Crippen LogP contribution is 2.67. The van der Waals surface area contributed by atoms with E-state index in [0.717, 1.165) is 38.0 Å². The molecular weight excluding hydrogens is 312 g/mol. The maximum absolute atomic E-state index is 11.6. The Hall–Kier alpha value is -0.830. The topological polar surface area (TPSA) is 57.5 Å². The molecule has 0 heterocycles. The van der Waals surface area contributed by atoms with Crippen molar-refractivity contribution >= 4 is 5.97 Å². The summed E-state index contributed by atoms with van der Waals surface area (Å²) in [7, 11) is 0. The van der Waals surface area contributed by atoms with E-state index in [2.05, 4.69) is 19.9 Å². The second kappa shape index (κ2) is 5.84. The normalized spacial score (nSPS) is 50.2. The average Bonchev–Trinajstić information content (AvgIpc) is 2.92. The first-order valence-electron chi connectivity index (χ1n) is 10.4. The smallest absolute Gasteiger partial charge is 0.306 e. The van der Waals surface area contributed by atoms with Crippen LogP contribution in [0, 0.1) is 40.4 Å². The molecule has 3 nitrogen and oxygen atoms in total. The molecule has 0 bridgehead atoms. The van der Waals surface area contributed by atoms with Gasteiger partial charge in [-0.3, -0.25) is 4.79 Å². The summed E-state index contributed by atoms with van der Waals surface area (Å²) >= 11 is 0. The Labute approximate surface area is 151 Å². The van der Waals surface area contributed by atoms with Crippen LogP contribution < -0.4 is 0 Å². The number of hydrogen-bond donors (Lipinski definition) is 2. The lowest BCUT2D eigenvalue weighted by molar-refractivity contribution is -0.146. The summed E-state index contributed by atoms with van der Waals surface area (Å²) in [5, 5.41) is 19.7. The number of allylic oxidation sites excluding steroid dienone is 1. The molecule has 3 saturated carbocycles. The summed E-state index contributed by atoms with van der Waals surface area (Å²) in [6.45, 7) is 6.78. The van der Waals surface area contributed by atoms with Gasteiger partial charge in [0.25, 0.3) is 0 Å². The number of carboxylic acids is 1. The Balaban J connectivity index is 1.63. The highest BCUT2D eigenvalue weighted by Gasteiger charge is 2.59. The molecule has 25 heavy (non-hydrogen) atoms. The van der Waals surface area contributed by atoms with Gasteiger partial charge in [-0.2, -0.15) is 0 Å². The Morgan fingerprint density at radius 3 is 2.64 bits per heavy atom. The lowest BCUT2D eigenvalue weighted by Gasteiger charge is -2.58. The van der Waals surface area contributed by atoms with Crippen molar-refractivity contribution < 1.29 is 15.0 Å². The number of rotatable bonds is 2. The van der Waals surface area contributed by atoms with E-state index < -0.39 is 5.97 Å². The van der Waals surface area contributed by atoms with Gasteiger partial charge in [-0.1, -0.05) is 32.4 Å². The molecule has 0 aliphatic heterocycles. The van der Waals surface area contributed by atoms with E-state index in [4.69, 9.17) is 0 Å². The van der Waals surface area contributed by atoms with E-state index in [-0.39, 0.29) is 22.9 Å². The van der Waals surface area contributed by atoms with Crippen LogP contribution in [0.2, 0.25) is 0 Å². The second-order valence-electron chi connectivity index (χ2n) is 10.0. The molecule has 3 fully saturated rings. The summed E-state index contributed by atoms with van der Waals surface area (Å²) in [6.07, 6.45) is 11.1. The zero-order chi connectivity index (χ0) is 18.0. The molecule has 0 spiro atoms. The summed E-state index contributed by atoms with van der Waals surface area (Å²) in [5.74, 6) is 1.63. The predicted molar refractivity (Wildman–Crippen MR) is 98.0 cm³/mol. The largest absolute Gasteiger partial charge is 0.481 e. The monoisotopic (exact) mass is 346 g/mol.